The number of hydrogen-bond donors (Lipinski definition) is 1. The number of nitrogens with one attached hydrogen (secondary N) is 1. The molecule has 5 aromatic rings. The van der Waals surface area contributed by atoms with Crippen LogP contribution in [0, 0.1) is 20.8 Å². The second-order valence-corrected chi connectivity index (χ2v) is 8.95. The zero-order chi connectivity index (χ0) is 23.8. The second-order valence-electron chi connectivity index (χ2n) is 8.95. The Hall–Kier alpha value is -4.11. The summed E-state index contributed by atoms with van der Waals surface area (Å²) in [6.45, 7) is 6.15. The van der Waals surface area contributed by atoms with Crippen molar-refractivity contribution >= 4 is 45.9 Å². The van der Waals surface area contributed by atoms with Crippen molar-refractivity contribution in [1.29, 1.82) is 0 Å². The topological polar surface area (TPSA) is 34.0 Å². The van der Waals surface area contributed by atoms with Gasteiger partial charge in [0.1, 0.15) is 6.29 Å². The molecule has 5 rings (SSSR count). The van der Waals surface area contributed by atoms with E-state index in [1.165, 1.54) is 27.4 Å². The van der Waals surface area contributed by atoms with Gasteiger partial charge >= 0.3 is 0 Å². The van der Waals surface area contributed by atoms with E-state index in [0.717, 1.165) is 45.5 Å². The van der Waals surface area contributed by atoms with Gasteiger partial charge in [0.2, 0.25) is 0 Å². The number of carbonyl (C=O) groups excluding carboxylic acids is 1. The Morgan fingerprint density at radius 2 is 1.35 bits per heavy atom. The lowest BCUT2D eigenvalue weighted by molar-refractivity contribution is 0.112. The van der Waals surface area contributed by atoms with Crippen molar-refractivity contribution in [3.05, 3.63) is 106 Å². The monoisotopic (exact) mass is 444 g/mol. The number of aromatic nitrogens is 1. The van der Waals surface area contributed by atoms with Gasteiger partial charge in [-0.2, -0.15) is 0 Å². The van der Waals surface area contributed by atoms with Crippen molar-refractivity contribution in [3.63, 3.8) is 0 Å². The van der Waals surface area contributed by atoms with E-state index in [1.54, 1.807) is 0 Å². The summed E-state index contributed by atoms with van der Waals surface area (Å²) in [4.78, 5) is 11.2. The van der Waals surface area contributed by atoms with Gasteiger partial charge < -0.3 is 9.88 Å². The molecule has 1 N–H and O–H groups in total. The second kappa shape index (κ2) is 8.68. The Morgan fingerprint density at radius 3 is 2.06 bits per heavy atom. The fourth-order valence-corrected chi connectivity index (χ4v) is 4.66. The Balaban J connectivity index is 1.55. The average molecular weight is 445 g/mol. The van der Waals surface area contributed by atoms with E-state index in [4.69, 9.17) is 0 Å². The molecule has 4 aromatic carbocycles. The normalized spacial score (nSPS) is 11.5. The number of aldehydes is 1. The van der Waals surface area contributed by atoms with Gasteiger partial charge in [-0.3, -0.25) is 4.79 Å². The molecule has 1 aromatic heterocycles. The number of nitrogens with zero attached hydrogens (tertiary/aromatic N) is 1. The van der Waals surface area contributed by atoms with Crippen LogP contribution in [0.2, 0.25) is 0 Å². The van der Waals surface area contributed by atoms with Gasteiger partial charge in [-0.25, -0.2) is 0 Å². The lowest BCUT2D eigenvalue weighted by Gasteiger charge is -2.09. The summed E-state index contributed by atoms with van der Waals surface area (Å²) in [5.41, 5.74) is 11.0. The summed E-state index contributed by atoms with van der Waals surface area (Å²) < 4.78 is 2.34. The zero-order valence-electron chi connectivity index (χ0n) is 20.0. The smallest absolute Gasteiger partial charge is 0.150 e. The molecule has 0 saturated heterocycles. The minimum atomic E-state index is 0.752. The Morgan fingerprint density at radius 1 is 0.706 bits per heavy atom. The van der Waals surface area contributed by atoms with Crippen LogP contribution in [0.5, 0.6) is 0 Å². The standard InChI is InChI=1S/C31H28N2O/c1-20-5-13-30-28(15-20)29-18-26(32-4)10-14-31(29)33(30)27-11-7-23(8-12-27)6-9-24-16-22(3)25(19-34)17-21(24)2/h5-19,32H,1-4H3/b9-6+. The van der Waals surface area contributed by atoms with Crippen LogP contribution >= 0.6 is 0 Å². The molecule has 0 aliphatic carbocycles. The first-order valence-corrected chi connectivity index (χ1v) is 11.6. The fraction of sp³-hybridized carbons (Fsp3) is 0.129. The molecule has 34 heavy (non-hydrogen) atoms. The number of hydrogen-bond acceptors (Lipinski definition) is 2. The van der Waals surface area contributed by atoms with Crippen LogP contribution in [0.1, 0.15) is 38.2 Å². The maximum atomic E-state index is 11.2. The predicted octanol–water partition coefficient (Wildman–Crippen LogP) is 7.73. The van der Waals surface area contributed by atoms with E-state index >= 15 is 0 Å². The third-order valence-corrected chi connectivity index (χ3v) is 6.60. The van der Waals surface area contributed by atoms with Crippen LogP contribution in [-0.2, 0) is 0 Å². The number of benzene rings is 4. The van der Waals surface area contributed by atoms with Crippen molar-refractivity contribution in [3.8, 4) is 5.69 Å². The molecular formula is C31H28N2O. The fourth-order valence-electron chi connectivity index (χ4n) is 4.66. The highest BCUT2D eigenvalue weighted by Gasteiger charge is 2.13. The Labute approximate surface area is 200 Å². The lowest BCUT2D eigenvalue weighted by Crippen LogP contribution is -1.94. The number of aryl methyl sites for hydroxylation is 3. The molecule has 3 heteroatoms. The molecule has 1 heterocycles. The Bertz CT molecular complexity index is 1570. The molecule has 0 saturated carbocycles. The molecule has 0 fully saturated rings. The summed E-state index contributed by atoms with van der Waals surface area (Å²) >= 11 is 0. The van der Waals surface area contributed by atoms with Gasteiger partial charge in [0, 0.05) is 34.8 Å². The van der Waals surface area contributed by atoms with Crippen LogP contribution in [0.15, 0.2) is 72.8 Å². The third kappa shape index (κ3) is 3.80. The van der Waals surface area contributed by atoms with Crippen molar-refractivity contribution in [2.24, 2.45) is 0 Å². The molecule has 0 bridgehead atoms. The molecule has 168 valence electrons. The quantitative estimate of drug-likeness (QED) is 0.222. The van der Waals surface area contributed by atoms with Gasteiger partial charge in [0.25, 0.3) is 0 Å². The molecule has 0 unspecified atom stereocenters. The van der Waals surface area contributed by atoms with Crippen LogP contribution in [0.25, 0.3) is 39.6 Å². The van der Waals surface area contributed by atoms with E-state index in [0.29, 0.717) is 0 Å². The summed E-state index contributed by atoms with van der Waals surface area (Å²) in [7, 11) is 1.96. The SMILES string of the molecule is CNc1ccc2c(c1)c1cc(C)ccc1n2-c1ccc(/C=C/c2cc(C)c(C=O)cc2C)cc1. The maximum absolute atomic E-state index is 11.2. The minimum Gasteiger partial charge on any atom is -0.388 e. The molecule has 0 aliphatic heterocycles. The number of carbonyl (C=O) groups is 1. The molecule has 0 atom stereocenters. The summed E-state index contributed by atoms with van der Waals surface area (Å²) in [5.74, 6) is 0. The minimum absolute atomic E-state index is 0.752. The van der Waals surface area contributed by atoms with Crippen molar-refractivity contribution in [2.75, 3.05) is 12.4 Å². The molecule has 0 radical (unpaired) electrons. The largest absolute Gasteiger partial charge is 0.388 e. The van der Waals surface area contributed by atoms with Crippen LogP contribution in [0.3, 0.4) is 0 Å². The van der Waals surface area contributed by atoms with E-state index in [-0.39, 0.29) is 0 Å². The highest BCUT2D eigenvalue weighted by Crippen LogP contribution is 2.34. The van der Waals surface area contributed by atoms with E-state index in [1.807, 2.05) is 27.0 Å². The molecular weight excluding hydrogens is 416 g/mol. The summed E-state index contributed by atoms with van der Waals surface area (Å²) in [6.07, 6.45) is 5.17. The number of anilines is 1. The summed E-state index contributed by atoms with van der Waals surface area (Å²) in [6, 6.07) is 25.9. The predicted molar refractivity (Wildman–Crippen MR) is 145 cm³/mol. The average Bonchev–Trinajstić information content (AvgIpc) is 3.17. The molecule has 3 nitrogen and oxygen atoms in total. The van der Waals surface area contributed by atoms with E-state index in [2.05, 4.69) is 95.7 Å². The van der Waals surface area contributed by atoms with E-state index in [9.17, 15) is 4.79 Å². The van der Waals surface area contributed by atoms with Gasteiger partial charge in [-0.1, -0.05) is 42.0 Å². The van der Waals surface area contributed by atoms with Crippen LogP contribution < -0.4 is 5.32 Å². The van der Waals surface area contributed by atoms with Gasteiger partial charge in [-0.15, -0.1) is 0 Å². The zero-order valence-corrected chi connectivity index (χ0v) is 20.0. The first-order valence-electron chi connectivity index (χ1n) is 11.6. The van der Waals surface area contributed by atoms with Gasteiger partial charge in [0.15, 0.2) is 0 Å². The highest BCUT2D eigenvalue weighted by molar-refractivity contribution is 6.10. The maximum Gasteiger partial charge on any atom is 0.150 e. The van der Waals surface area contributed by atoms with Crippen molar-refractivity contribution < 1.29 is 4.79 Å². The molecule has 0 amide bonds. The van der Waals surface area contributed by atoms with E-state index < -0.39 is 0 Å². The van der Waals surface area contributed by atoms with Gasteiger partial charge in [-0.05, 0) is 91.6 Å². The highest BCUT2D eigenvalue weighted by atomic mass is 16.1. The molecule has 0 spiro atoms. The first-order chi connectivity index (χ1) is 16.5. The molecule has 0 aliphatic rings. The summed E-state index contributed by atoms with van der Waals surface area (Å²) in [5, 5.41) is 5.78. The number of rotatable bonds is 5. The lowest BCUT2D eigenvalue weighted by atomic mass is 10.00. The van der Waals surface area contributed by atoms with Crippen molar-refractivity contribution in [1.82, 2.24) is 4.57 Å². The Kier molecular flexibility index (Phi) is 5.54. The van der Waals surface area contributed by atoms with Crippen molar-refractivity contribution in [2.45, 2.75) is 20.8 Å². The van der Waals surface area contributed by atoms with Gasteiger partial charge in [0.05, 0.1) is 11.0 Å². The van der Waals surface area contributed by atoms with Crippen LogP contribution in [-0.4, -0.2) is 17.9 Å². The number of fused-ring (bicyclic) bond motifs is 3. The third-order valence-electron chi connectivity index (χ3n) is 6.60. The first kappa shape index (κ1) is 21.7. The van der Waals surface area contributed by atoms with Crippen LogP contribution in [0.4, 0.5) is 5.69 Å².